The summed E-state index contributed by atoms with van der Waals surface area (Å²) in [6.07, 6.45) is -3.82. The lowest BCUT2D eigenvalue weighted by Gasteiger charge is -2.10. The van der Waals surface area contributed by atoms with Gasteiger partial charge in [0.15, 0.2) is 5.82 Å². The number of hydrogen-bond acceptors (Lipinski definition) is 4. The van der Waals surface area contributed by atoms with Gasteiger partial charge in [-0.1, -0.05) is 18.5 Å². The van der Waals surface area contributed by atoms with Crippen LogP contribution in [0.3, 0.4) is 0 Å². The Labute approximate surface area is 202 Å². The summed E-state index contributed by atoms with van der Waals surface area (Å²) in [5.41, 5.74) is 2.34. The third-order valence-corrected chi connectivity index (χ3v) is 5.92. The molecule has 184 valence electrons. The topological polar surface area (TPSA) is 61.4 Å². The van der Waals surface area contributed by atoms with E-state index in [1.54, 1.807) is 0 Å². The lowest BCUT2D eigenvalue weighted by atomic mass is 10.0. The van der Waals surface area contributed by atoms with Crippen LogP contribution in [0.25, 0.3) is 17.1 Å². The van der Waals surface area contributed by atoms with Crippen LogP contribution in [0.5, 0.6) is 0 Å². The van der Waals surface area contributed by atoms with E-state index in [9.17, 15) is 22.0 Å². The van der Waals surface area contributed by atoms with Crippen LogP contribution >= 0.6 is 11.6 Å². The average Bonchev–Trinajstić information content (AvgIpc) is 3.30. The molecule has 0 aliphatic carbocycles. The Morgan fingerprint density at radius 3 is 2.37 bits per heavy atom. The summed E-state index contributed by atoms with van der Waals surface area (Å²) in [6, 6.07) is 7.06. The first kappa shape index (κ1) is 24.8. The predicted molar refractivity (Wildman–Crippen MR) is 120 cm³/mol. The van der Waals surface area contributed by atoms with Crippen molar-refractivity contribution < 1.29 is 22.0 Å². The number of rotatable bonds is 8. The first-order valence-corrected chi connectivity index (χ1v) is 11.0. The smallest absolute Gasteiger partial charge is 0.263 e. The lowest BCUT2D eigenvalue weighted by Crippen LogP contribution is -2.13. The molecule has 0 unspecified atom stereocenters. The zero-order valence-electron chi connectivity index (χ0n) is 18.7. The van der Waals surface area contributed by atoms with Crippen LogP contribution in [0.4, 0.5) is 22.0 Å². The Balaban J connectivity index is 1.78. The van der Waals surface area contributed by atoms with Crippen LogP contribution in [-0.4, -0.2) is 36.0 Å². The minimum atomic E-state index is -2.89. The molecule has 0 aliphatic rings. The van der Waals surface area contributed by atoms with Crippen molar-refractivity contribution in [2.75, 3.05) is 0 Å². The van der Waals surface area contributed by atoms with Crippen LogP contribution in [-0.2, 0) is 19.4 Å². The summed E-state index contributed by atoms with van der Waals surface area (Å²) in [7, 11) is 0. The summed E-state index contributed by atoms with van der Waals surface area (Å²) < 4.78 is 69.5. The standard InChI is InChI=1S/C23H20ClF5N6/c1-3-16-17(34(10-18(26)27)33-21(16)13-4-6-14(25)7-5-13)8-15-9-19(31-11-30-15)35-22(23(28)29)20(24)12(2)32-35/h4-7,9,11,18,23H,3,8,10H2,1-2H3. The maximum atomic E-state index is 13.6. The van der Waals surface area contributed by atoms with Crippen molar-refractivity contribution in [3.05, 3.63) is 75.8 Å². The van der Waals surface area contributed by atoms with Crippen molar-refractivity contribution in [2.45, 2.75) is 46.1 Å². The summed E-state index contributed by atoms with van der Waals surface area (Å²) in [5.74, 6) is -0.360. The highest BCUT2D eigenvalue weighted by atomic mass is 35.5. The van der Waals surface area contributed by atoms with Crippen LogP contribution in [0.15, 0.2) is 36.7 Å². The zero-order chi connectivity index (χ0) is 25.3. The quantitative estimate of drug-likeness (QED) is 0.273. The second-order valence-corrected chi connectivity index (χ2v) is 8.13. The minimum absolute atomic E-state index is 0.0667. The normalized spacial score (nSPS) is 11.7. The molecular weight excluding hydrogens is 491 g/mol. The molecule has 0 saturated heterocycles. The Kier molecular flexibility index (Phi) is 7.15. The van der Waals surface area contributed by atoms with E-state index in [1.807, 2.05) is 6.92 Å². The highest BCUT2D eigenvalue weighted by Crippen LogP contribution is 2.32. The maximum Gasteiger partial charge on any atom is 0.282 e. The molecule has 35 heavy (non-hydrogen) atoms. The molecule has 0 bridgehead atoms. The van der Waals surface area contributed by atoms with Gasteiger partial charge in [-0.3, -0.25) is 4.68 Å². The average molecular weight is 511 g/mol. The van der Waals surface area contributed by atoms with Gasteiger partial charge in [0.25, 0.3) is 12.9 Å². The summed E-state index contributed by atoms with van der Waals surface area (Å²) in [4.78, 5) is 8.24. The largest absolute Gasteiger partial charge is 0.282 e. The van der Waals surface area contributed by atoms with E-state index in [-0.39, 0.29) is 23.0 Å². The van der Waals surface area contributed by atoms with Crippen LogP contribution in [0.1, 0.15) is 41.7 Å². The van der Waals surface area contributed by atoms with Gasteiger partial charge in [0.2, 0.25) is 0 Å². The molecule has 0 radical (unpaired) electrons. The summed E-state index contributed by atoms with van der Waals surface area (Å²) in [6.45, 7) is 2.71. The fourth-order valence-corrected chi connectivity index (χ4v) is 4.08. The minimum Gasteiger partial charge on any atom is -0.263 e. The van der Waals surface area contributed by atoms with Gasteiger partial charge < -0.3 is 0 Å². The van der Waals surface area contributed by atoms with Crippen LogP contribution in [0, 0.1) is 12.7 Å². The molecule has 0 atom stereocenters. The molecule has 1 aromatic carbocycles. The Morgan fingerprint density at radius 1 is 1.03 bits per heavy atom. The second-order valence-electron chi connectivity index (χ2n) is 7.75. The van der Waals surface area contributed by atoms with E-state index in [0.717, 1.165) is 4.68 Å². The van der Waals surface area contributed by atoms with Crippen molar-refractivity contribution in [1.82, 2.24) is 29.5 Å². The lowest BCUT2D eigenvalue weighted by molar-refractivity contribution is 0.120. The number of halogens is 6. The predicted octanol–water partition coefficient (Wildman–Crippen LogP) is 5.98. The van der Waals surface area contributed by atoms with Gasteiger partial charge in [0, 0.05) is 29.3 Å². The molecular formula is C23H20ClF5N6. The molecule has 4 aromatic rings. The number of aryl methyl sites for hydroxylation is 1. The summed E-state index contributed by atoms with van der Waals surface area (Å²) in [5, 5.41) is 8.29. The molecule has 3 heterocycles. The molecule has 3 aromatic heterocycles. The van der Waals surface area contributed by atoms with Crippen molar-refractivity contribution >= 4 is 11.6 Å². The molecule has 0 saturated carbocycles. The molecule has 6 nitrogen and oxygen atoms in total. The third-order valence-electron chi connectivity index (χ3n) is 5.45. The van der Waals surface area contributed by atoms with Gasteiger partial charge in [-0.25, -0.2) is 36.6 Å². The van der Waals surface area contributed by atoms with E-state index in [2.05, 4.69) is 20.2 Å². The Hall–Kier alpha value is -3.34. The summed E-state index contributed by atoms with van der Waals surface area (Å²) >= 11 is 6.00. The number of alkyl halides is 4. The highest BCUT2D eigenvalue weighted by molar-refractivity contribution is 6.31. The molecule has 0 N–H and O–H groups in total. The SMILES string of the molecule is CCc1c(-c2ccc(F)cc2)nn(CC(F)F)c1Cc1cc(-n2nc(C)c(Cl)c2C(F)F)ncn1. The Bertz CT molecular complexity index is 1330. The number of nitrogens with zero attached hydrogens (tertiary/aromatic N) is 6. The molecule has 12 heteroatoms. The number of hydrogen-bond donors (Lipinski definition) is 0. The molecule has 4 rings (SSSR count). The fourth-order valence-electron chi connectivity index (χ4n) is 3.88. The number of benzene rings is 1. The van der Waals surface area contributed by atoms with E-state index >= 15 is 0 Å². The monoisotopic (exact) mass is 510 g/mol. The first-order chi connectivity index (χ1) is 16.7. The second kappa shape index (κ2) is 10.1. The van der Waals surface area contributed by atoms with Gasteiger partial charge >= 0.3 is 0 Å². The maximum absolute atomic E-state index is 13.6. The third kappa shape index (κ3) is 5.04. The first-order valence-electron chi connectivity index (χ1n) is 10.7. The molecule has 0 fully saturated rings. The highest BCUT2D eigenvalue weighted by Gasteiger charge is 2.25. The van der Waals surface area contributed by atoms with Crippen LogP contribution in [0.2, 0.25) is 5.02 Å². The van der Waals surface area contributed by atoms with Crippen molar-refractivity contribution in [3.63, 3.8) is 0 Å². The van der Waals surface area contributed by atoms with Crippen molar-refractivity contribution in [3.8, 4) is 17.1 Å². The fraction of sp³-hybridized carbons (Fsp3) is 0.304. The van der Waals surface area contributed by atoms with Crippen LogP contribution < -0.4 is 0 Å². The number of aromatic nitrogens is 6. The molecule has 0 aliphatic heterocycles. The van der Waals surface area contributed by atoms with Crippen molar-refractivity contribution in [1.29, 1.82) is 0 Å². The van der Waals surface area contributed by atoms with Gasteiger partial charge in [0.05, 0.1) is 22.1 Å². The van der Waals surface area contributed by atoms with Gasteiger partial charge in [-0.2, -0.15) is 10.2 Å². The van der Waals surface area contributed by atoms with Gasteiger partial charge in [-0.05, 0) is 37.6 Å². The van der Waals surface area contributed by atoms with Gasteiger partial charge in [0.1, 0.15) is 24.4 Å². The van der Waals surface area contributed by atoms with Gasteiger partial charge in [-0.15, -0.1) is 0 Å². The molecule has 0 spiro atoms. The zero-order valence-corrected chi connectivity index (χ0v) is 19.4. The molecule has 0 amide bonds. The van der Waals surface area contributed by atoms with E-state index in [4.69, 9.17) is 11.6 Å². The van der Waals surface area contributed by atoms with E-state index in [0.29, 0.717) is 34.6 Å². The Morgan fingerprint density at radius 2 is 1.74 bits per heavy atom. The van der Waals surface area contributed by atoms with E-state index in [1.165, 1.54) is 48.3 Å². The van der Waals surface area contributed by atoms with Crippen molar-refractivity contribution in [2.24, 2.45) is 0 Å². The van der Waals surface area contributed by atoms with E-state index < -0.39 is 30.9 Å².